The van der Waals surface area contributed by atoms with Crippen molar-refractivity contribution in [2.45, 2.75) is 18.8 Å². The fourth-order valence-corrected chi connectivity index (χ4v) is 2.92. The highest BCUT2D eigenvalue weighted by atomic mass is 15.2. The minimum absolute atomic E-state index is 0.800. The molecular weight excluding hydrogens is 196 g/mol. The molecular formula is C14H20N2. The van der Waals surface area contributed by atoms with Crippen molar-refractivity contribution < 1.29 is 0 Å². The molecule has 86 valence electrons. The number of fused-ring (bicyclic) bond motifs is 1. The first kappa shape index (κ1) is 10.3. The van der Waals surface area contributed by atoms with Crippen LogP contribution in [0.15, 0.2) is 24.3 Å². The van der Waals surface area contributed by atoms with Gasteiger partial charge in [0.2, 0.25) is 0 Å². The normalized spacial score (nSPS) is 25.6. The Morgan fingerprint density at radius 3 is 3.06 bits per heavy atom. The molecule has 1 aromatic carbocycles. The fourth-order valence-electron chi connectivity index (χ4n) is 2.92. The molecule has 0 spiro atoms. The minimum Gasteiger partial charge on any atom is -0.315 e. The zero-order valence-electron chi connectivity index (χ0n) is 9.78. The van der Waals surface area contributed by atoms with Gasteiger partial charge in [0.15, 0.2) is 0 Å². The quantitative estimate of drug-likeness (QED) is 0.808. The first-order chi connectivity index (χ1) is 7.93. The summed E-state index contributed by atoms with van der Waals surface area (Å²) in [6.07, 6.45) is 2.59. The van der Waals surface area contributed by atoms with Crippen LogP contribution in [-0.2, 0) is 6.42 Å². The van der Waals surface area contributed by atoms with Gasteiger partial charge in [0.25, 0.3) is 0 Å². The number of hydrogen-bond acceptors (Lipinski definition) is 2. The van der Waals surface area contributed by atoms with Crippen LogP contribution < -0.4 is 5.32 Å². The molecule has 2 nitrogen and oxygen atoms in total. The van der Waals surface area contributed by atoms with Gasteiger partial charge in [-0.2, -0.15) is 0 Å². The molecule has 0 aromatic heterocycles. The summed E-state index contributed by atoms with van der Waals surface area (Å²) in [5.74, 6) is 0.800. The molecule has 2 aliphatic rings. The lowest BCUT2D eigenvalue weighted by Gasteiger charge is -2.34. The lowest BCUT2D eigenvalue weighted by atomic mass is 9.77. The van der Waals surface area contributed by atoms with E-state index in [0.29, 0.717) is 0 Å². The summed E-state index contributed by atoms with van der Waals surface area (Å²) in [5.41, 5.74) is 3.17. The maximum absolute atomic E-state index is 3.46. The lowest BCUT2D eigenvalue weighted by Crippen LogP contribution is -2.35. The third kappa shape index (κ3) is 2.00. The van der Waals surface area contributed by atoms with E-state index in [9.17, 15) is 0 Å². The molecule has 1 saturated heterocycles. The maximum atomic E-state index is 3.46. The third-order valence-electron chi connectivity index (χ3n) is 3.87. The summed E-state index contributed by atoms with van der Waals surface area (Å²) in [7, 11) is 0. The van der Waals surface area contributed by atoms with Crippen molar-refractivity contribution in [1.29, 1.82) is 0 Å². The Morgan fingerprint density at radius 1 is 1.19 bits per heavy atom. The SMILES string of the molecule is c1ccc2c(c1)CC2CN1CCCNCC1. The summed E-state index contributed by atoms with van der Waals surface area (Å²) >= 11 is 0. The molecule has 1 aliphatic carbocycles. The van der Waals surface area contributed by atoms with Crippen LogP contribution in [-0.4, -0.2) is 37.6 Å². The highest BCUT2D eigenvalue weighted by Gasteiger charge is 2.27. The lowest BCUT2D eigenvalue weighted by molar-refractivity contribution is 0.263. The standard InChI is InChI=1S/C14H20N2/c1-2-5-14-12(4-1)10-13(14)11-16-8-3-6-15-7-9-16/h1-2,4-5,13,15H,3,6-11H2. The predicted molar refractivity (Wildman–Crippen MR) is 66.8 cm³/mol. The van der Waals surface area contributed by atoms with Gasteiger partial charge in [-0.1, -0.05) is 24.3 Å². The molecule has 2 heteroatoms. The van der Waals surface area contributed by atoms with E-state index in [1.165, 1.54) is 39.0 Å². The Bertz CT molecular complexity index is 354. The number of benzene rings is 1. The molecule has 1 unspecified atom stereocenters. The fraction of sp³-hybridized carbons (Fsp3) is 0.571. The van der Waals surface area contributed by atoms with Gasteiger partial charge in [-0.05, 0) is 37.1 Å². The van der Waals surface area contributed by atoms with Crippen molar-refractivity contribution >= 4 is 0 Å². The molecule has 1 heterocycles. The van der Waals surface area contributed by atoms with E-state index >= 15 is 0 Å². The summed E-state index contributed by atoms with van der Waals surface area (Å²) < 4.78 is 0. The van der Waals surface area contributed by atoms with Crippen molar-refractivity contribution in [3.63, 3.8) is 0 Å². The van der Waals surface area contributed by atoms with E-state index in [0.717, 1.165) is 12.5 Å². The summed E-state index contributed by atoms with van der Waals surface area (Å²) in [4.78, 5) is 2.63. The van der Waals surface area contributed by atoms with Crippen LogP contribution in [0.2, 0.25) is 0 Å². The molecule has 0 bridgehead atoms. The van der Waals surface area contributed by atoms with Gasteiger partial charge < -0.3 is 10.2 Å². The van der Waals surface area contributed by atoms with Crippen LogP contribution in [0.1, 0.15) is 23.5 Å². The van der Waals surface area contributed by atoms with Crippen molar-refractivity contribution in [2.75, 3.05) is 32.7 Å². The maximum Gasteiger partial charge on any atom is 0.0107 e. The first-order valence-electron chi connectivity index (χ1n) is 6.44. The van der Waals surface area contributed by atoms with Gasteiger partial charge in [0.1, 0.15) is 0 Å². The van der Waals surface area contributed by atoms with Crippen LogP contribution in [0.4, 0.5) is 0 Å². The van der Waals surface area contributed by atoms with E-state index in [1.807, 2.05) is 0 Å². The summed E-state index contributed by atoms with van der Waals surface area (Å²) in [5, 5.41) is 3.46. The van der Waals surface area contributed by atoms with Gasteiger partial charge >= 0.3 is 0 Å². The van der Waals surface area contributed by atoms with Crippen LogP contribution in [0, 0.1) is 0 Å². The molecule has 1 fully saturated rings. The molecule has 1 N–H and O–H groups in total. The van der Waals surface area contributed by atoms with E-state index in [4.69, 9.17) is 0 Å². The van der Waals surface area contributed by atoms with Crippen molar-refractivity contribution in [1.82, 2.24) is 10.2 Å². The Kier molecular flexibility index (Phi) is 2.94. The number of nitrogens with one attached hydrogen (secondary N) is 1. The van der Waals surface area contributed by atoms with Gasteiger partial charge in [-0.3, -0.25) is 0 Å². The molecule has 16 heavy (non-hydrogen) atoms. The van der Waals surface area contributed by atoms with Gasteiger partial charge in [-0.25, -0.2) is 0 Å². The first-order valence-corrected chi connectivity index (χ1v) is 6.44. The van der Waals surface area contributed by atoms with Gasteiger partial charge in [0.05, 0.1) is 0 Å². The zero-order valence-corrected chi connectivity index (χ0v) is 9.78. The largest absolute Gasteiger partial charge is 0.315 e. The average molecular weight is 216 g/mol. The molecule has 1 aromatic rings. The monoisotopic (exact) mass is 216 g/mol. The van der Waals surface area contributed by atoms with E-state index in [-0.39, 0.29) is 0 Å². The van der Waals surface area contributed by atoms with E-state index in [2.05, 4.69) is 34.5 Å². The Morgan fingerprint density at radius 2 is 2.12 bits per heavy atom. The Hall–Kier alpha value is -0.860. The van der Waals surface area contributed by atoms with Crippen LogP contribution >= 0.6 is 0 Å². The molecule has 1 atom stereocenters. The molecule has 1 aliphatic heterocycles. The summed E-state index contributed by atoms with van der Waals surface area (Å²) in [6.45, 7) is 6.11. The smallest absolute Gasteiger partial charge is 0.0107 e. The van der Waals surface area contributed by atoms with E-state index < -0.39 is 0 Å². The van der Waals surface area contributed by atoms with Gasteiger partial charge in [0, 0.05) is 25.6 Å². The van der Waals surface area contributed by atoms with E-state index in [1.54, 1.807) is 11.1 Å². The molecule has 0 saturated carbocycles. The second-order valence-electron chi connectivity index (χ2n) is 5.00. The van der Waals surface area contributed by atoms with Crippen LogP contribution in [0.5, 0.6) is 0 Å². The summed E-state index contributed by atoms with van der Waals surface area (Å²) in [6, 6.07) is 8.91. The average Bonchev–Trinajstić information content (AvgIpc) is 2.54. The van der Waals surface area contributed by atoms with Crippen molar-refractivity contribution in [3.8, 4) is 0 Å². The van der Waals surface area contributed by atoms with Crippen molar-refractivity contribution in [3.05, 3.63) is 35.4 Å². The number of hydrogen-bond donors (Lipinski definition) is 1. The highest BCUT2D eigenvalue weighted by Crippen LogP contribution is 2.35. The molecule has 0 radical (unpaired) electrons. The molecule has 0 amide bonds. The third-order valence-corrected chi connectivity index (χ3v) is 3.87. The van der Waals surface area contributed by atoms with Gasteiger partial charge in [-0.15, -0.1) is 0 Å². The number of rotatable bonds is 2. The van der Waals surface area contributed by atoms with Crippen molar-refractivity contribution in [2.24, 2.45) is 0 Å². The highest BCUT2D eigenvalue weighted by molar-refractivity contribution is 5.40. The minimum atomic E-state index is 0.800. The second kappa shape index (κ2) is 4.56. The number of nitrogens with zero attached hydrogens (tertiary/aromatic N) is 1. The Labute approximate surface area is 97.6 Å². The predicted octanol–water partition coefficient (Wildman–Crippen LogP) is 1.62. The second-order valence-corrected chi connectivity index (χ2v) is 5.00. The van der Waals surface area contributed by atoms with Crippen LogP contribution in [0.3, 0.4) is 0 Å². The molecule has 3 rings (SSSR count). The topological polar surface area (TPSA) is 15.3 Å². The van der Waals surface area contributed by atoms with Crippen LogP contribution in [0.25, 0.3) is 0 Å². The zero-order chi connectivity index (χ0) is 10.8. The Balaban J connectivity index is 1.60.